The third-order valence-electron chi connectivity index (χ3n) is 3.68. The Kier molecular flexibility index (Phi) is 7.84. The van der Waals surface area contributed by atoms with Crippen LogP contribution in [0, 0.1) is 5.92 Å². The fourth-order valence-corrected chi connectivity index (χ4v) is 2.38. The van der Waals surface area contributed by atoms with Crippen molar-refractivity contribution >= 4 is 0 Å². The zero-order valence-corrected chi connectivity index (χ0v) is 12.1. The first-order valence-electron chi connectivity index (χ1n) is 7.44. The third kappa shape index (κ3) is 8.76. The first-order valence-corrected chi connectivity index (χ1v) is 7.44. The molecule has 2 N–H and O–H groups in total. The quantitative estimate of drug-likeness (QED) is 0.677. The van der Waals surface area contributed by atoms with E-state index in [-0.39, 0.29) is 32.2 Å². The SMILES string of the molecule is CC1CCC(OCC(O)CNCCCC(F)(F)F)CC1. The Labute approximate surface area is 118 Å². The van der Waals surface area contributed by atoms with Gasteiger partial charge < -0.3 is 15.2 Å². The Balaban J connectivity index is 1.96. The molecule has 1 saturated carbocycles. The predicted molar refractivity (Wildman–Crippen MR) is 71.5 cm³/mol. The molecule has 1 unspecified atom stereocenters. The zero-order valence-electron chi connectivity index (χ0n) is 12.1. The Hall–Kier alpha value is -0.330. The van der Waals surface area contributed by atoms with Crippen molar-refractivity contribution in [3.63, 3.8) is 0 Å². The molecule has 0 aromatic carbocycles. The van der Waals surface area contributed by atoms with Crippen molar-refractivity contribution in [3.05, 3.63) is 0 Å². The molecule has 1 atom stereocenters. The first kappa shape index (κ1) is 17.7. The number of alkyl halides is 3. The molecule has 0 aliphatic heterocycles. The van der Waals surface area contributed by atoms with E-state index in [1.54, 1.807) is 0 Å². The summed E-state index contributed by atoms with van der Waals surface area (Å²) in [6, 6.07) is 0. The van der Waals surface area contributed by atoms with Crippen LogP contribution in [0.3, 0.4) is 0 Å². The second-order valence-electron chi connectivity index (χ2n) is 5.79. The van der Waals surface area contributed by atoms with E-state index in [0.29, 0.717) is 0 Å². The maximum Gasteiger partial charge on any atom is 0.389 e. The van der Waals surface area contributed by atoms with Gasteiger partial charge in [0.1, 0.15) is 0 Å². The highest BCUT2D eigenvalue weighted by Gasteiger charge is 2.25. The molecule has 120 valence electrons. The number of rotatable bonds is 8. The topological polar surface area (TPSA) is 41.5 Å². The van der Waals surface area contributed by atoms with E-state index in [2.05, 4.69) is 12.2 Å². The predicted octanol–water partition coefficient (Wildman–Crippen LogP) is 2.87. The Morgan fingerprint density at radius 3 is 2.50 bits per heavy atom. The molecule has 1 aliphatic rings. The minimum absolute atomic E-state index is 0.0393. The van der Waals surface area contributed by atoms with Crippen LogP contribution in [0.25, 0.3) is 0 Å². The van der Waals surface area contributed by atoms with Crippen molar-refractivity contribution < 1.29 is 23.0 Å². The van der Waals surface area contributed by atoms with Crippen molar-refractivity contribution in [1.82, 2.24) is 5.32 Å². The Bertz CT molecular complexity index is 253. The van der Waals surface area contributed by atoms with Gasteiger partial charge in [0.25, 0.3) is 0 Å². The van der Waals surface area contributed by atoms with E-state index in [4.69, 9.17) is 4.74 Å². The van der Waals surface area contributed by atoms with Gasteiger partial charge in [-0.05, 0) is 44.6 Å². The molecule has 3 nitrogen and oxygen atoms in total. The van der Waals surface area contributed by atoms with Crippen LogP contribution in [-0.2, 0) is 4.74 Å². The van der Waals surface area contributed by atoms with Gasteiger partial charge in [-0.15, -0.1) is 0 Å². The molecule has 0 saturated heterocycles. The summed E-state index contributed by atoms with van der Waals surface area (Å²) in [7, 11) is 0. The highest BCUT2D eigenvalue weighted by Crippen LogP contribution is 2.25. The molecule has 0 radical (unpaired) electrons. The van der Waals surface area contributed by atoms with Crippen LogP contribution in [-0.4, -0.2) is 43.2 Å². The van der Waals surface area contributed by atoms with Crippen molar-refractivity contribution in [2.24, 2.45) is 5.92 Å². The van der Waals surface area contributed by atoms with Crippen LogP contribution in [0.2, 0.25) is 0 Å². The van der Waals surface area contributed by atoms with Crippen LogP contribution in [0.5, 0.6) is 0 Å². The van der Waals surface area contributed by atoms with Crippen LogP contribution >= 0.6 is 0 Å². The standard InChI is InChI=1S/C14H26F3NO2/c1-11-3-5-13(6-4-11)20-10-12(19)9-18-8-2-7-14(15,16)17/h11-13,18-19H,2-10H2,1H3. The molecular formula is C14H26F3NO2. The Morgan fingerprint density at radius 1 is 1.25 bits per heavy atom. The van der Waals surface area contributed by atoms with E-state index < -0.39 is 18.7 Å². The molecule has 6 heteroatoms. The molecule has 0 aromatic rings. The molecule has 0 bridgehead atoms. The van der Waals surface area contributed by atoms with Gasteiger partial charge in [0.2, 0.25) is 0 Å². The summed E-state index contributed by atoms with van der Waals surface area (Å²) in [4.78, 5) is 0. The molecule has 0 spiro atoms. The number of ether oxygens (including phenoxy) is 1. The highest BCUT2D eigenvalue weighted by molar-refractivity contribution is 4.71. The van der Waals surface area contributed by atoms with E-state index in [9.17, 15) is 18.3 Å². The third-order valence-corrected chi connectivity index (χ3v) is 3.68. The lowest BCUT2D eigenvalue weighted by Crippen LogP contribution is -2.33. The lowest BCUT2D eigenvalue weighted by atomic mass is 9.89. The van der Waals surface area contributed by atoms with Crippen molar-refractivity contribution in [1.29, 1.82) is 0 Å². The van der Waals surface area contributed by atoms with E-state index in [0.717, 1.165) is 31.6 Å². The van der Waals surface area contributed by atoms with E-state index in [1.165, 1.54) is 0 Å². The number of aliphatic hydroxyl groups excluding tert-OH is 1. The Morgan fingerprint density at radius 2 is 1.90 bits per heavy atom. The van der Waals surface area contributed by atoms with Gasteiger partial charge in [-0.2, -0.15) is 13.2 Å². The summed E-state index contributed by atoms with van der Waals surface area (Å²) in [5, 5.41) is 12.5. The smallest absolute Gasteiger partial charge is 0.389 e. The monoisotopic (exact) mass is 297 g/mol. The second-order valence-corrected chi connectivity index (χ2v) is 5.79. The minimum Gasteiger partial charge on any atom is -0.389 e. The van der Waals surface area contributed by atoms with Gasteiger partial charge in [0.15, 0.2) is 0 Å². The summed E-state index contributed by atoms with van der Waals surface area (Å²) < 4.78 is 41.3. The largest absolute Gasteiger partial charge is 0.389 e. The normalized spacial score (nSPS) is 25.6. The second kappa shape index (κ2) is 8.85. The number of hydrogen-bond acceptors (Lipinski definition) is 3. The maximum atomic E-state index is 11.9. The van der Waals surface area contributed by atoms with E-state index >= 15 is 0 Å². The van der Waals surface area contributed by atoms with Gasteiger partial charge in [-0.1, -0.05) is 6.92 Å². The summed E-state index contributed by atoms with van der Waals surface area (Å²) in [5.41, 5.74) is 0. The molecule has 1 aliphatic carbocycles. The van der Waals surface area contributed by atoms with Gasteiger partial charge >= 0.3 is 6.18 Å². The van der Waals surface area contributed by atoms with Crippen LogP contribution in [0.15, 0.2) is 0 Å². The zero-order chi connectivity index (χ0) is 15.0. The van der Waals surface area contributed by atoms with Crippen molar-refractivity contribution in [2.45, 2.75) is 63.8 Å². The van der Waals surface area contributed by atoms with Crippen LogP contribution in [0.1, 0.15) is 45.4 Å². The summed E-state index contributed by atoms with van der Waals surface area (Å²) in [5.74, 6) is 0.759. The van der Waals surface area contributed by atoms with Crippen LogP contribution < -0.4 is 5.32 Å². The fourth-order valence-electron chi connectivity index (χ4n) is 2.38. The van der Waals surface area contributed by atoms with Crippen molar-refractivity contribution in [2.75, 3.05) is 19.7 Å². The molecule has 0 heterocycles. The highest BCUT2D eigenvalue weighted by atomic mass is 19.4. The fraction of sp³-hybridized carbons (Fsp3) is 1.00. The van der Waals surface area contributed by atoms with Gasteiger partial charge in [0.05, 0.1) is 18.8 Å². The summed E-state index contributed by atoms with van der Waals surface area (Å²) in [6.45, 7) is 3.03. The number of aliphatic hydroxyl groups is 1. The first-order chi connectivity index (χ1) is 9.37. The van der Waals surface area contributed by atoms with Crippen LogP contribution in [0.4, 0.5) is 13.2 Å². The van der Waals surface area contributed by atoms with Crippen molar-refractivity contribution in [3.8, 4) is 0 Å². The molecule has 0 aromatic heterocycles. The number of hydrogen-bond donors (Lipinski definition) is 2. The maximum absolute atomic E-state index is 11.9. The van der Waals surface area contributed by atoms with Gasteiger partial charge in [-0.25, -0.2) is 0 Å². The van der Waals surface area contributed by atoms with E-state index in [1.807, 2.05) is 0 Å². The molecule has 20 heavy (non-hydrogen) atoms. The average Bonchev–Trinajstić information content (AvgIpc) is 2.36. The molecular weight excluding hydrogens is 271 g/mol. The van der Waals surface area contributed by atoms with Gasteiger partial charge in [-0.3, -0.25) is 0 Å². The lowest BCUT2D eigenvalue weighted by molar-refractivity contribution is -0.135. The summed E-state index contributed by atoms with van der Waals surface area (Å²) >= 11 is 0. The minimum atomic E-state index is -4.10. The molecule has 1 fully saturated rings. The van der Waals surface area contributed by atoms with Gasteiger partial charge in [0, 0.05) is 13.0 Å². The number of halogens is 3. The number of nitrogens with one attached hydrogen (secondary N) is 1. The summed E-state index contributed by atoms with van der Waals surface area (Å²) in [6.07, 6.45) is -0.870. The molecule has 1 rings (SSSR count). The average molecular weight is 297 g/mol. The molecule has 0 amide bonds. The lowest BCUT2D eigenvalue weighted by Gasteiger charge is -2.27.